The normalized spacial score (nSPS) is 17.6. The van der Waals surface area contributed by atoms with Gasteiger partial charge in [0.05, 0.1) is 5.69 Å². The first-order chi connectivity index (χ1) is 13.6. The molecule has 4 rings (SSSR count). The molecule has 0 bridgehead atoms. The van der Waals surface area contributed by atoms with Crippen LogP contribution in [0.25, 0.3) is 10.6 Å². The number of hydrogen-bond acceptors (Lipinski definition) is 5. The molecule has 1 atom stereocenters. The minimum Gasteiger partial charge on any atom is -0.347 e. The number of hydrogen-bond donors (Lipinski definition) is 1. The van der Waals surface area contributed by atoms with Crippen LogP contribution < -0.4 is 5.32 Å². The van der Waals surface area contributed by atoms with Crippen molar-refractivity contribution in [1.29, 1.82) is 0 Å². The zero-order chi connectivity index (χ0) is 19.5. The molecule has 1 unspecified atom stereocenters. The Balaban J connectivity index is 1.35. The van der Waals surface area contributed by atoms with Gasteiger partial charge in [-0.05, 0) is 32.4 Å². The summed E-state index contributed by atoms with van der Waals surface area (Å²) in [6.07, 6.45) is 2.07. The molecule has 6 nitrogen and oxygen atoms in total. The maximum absolute atomic E-state index is 12.5. The molecule has 1 aliphatic heterocycles. The average molecular weight is 396 g/mol. The number of carbonyl (C=O) groups is 1. The van der Waals surface area contributed by atoms with Crippen molar-refractivity contribution in [1.82, 2.24) is 25.0 Å². The van der Waals surface area contributed by atoms with E-state index >= 15 is 0 Å². The molecule has 1 saturated heterocycles. The molecule has 0 radical (unpaired) electrons. The van der Waals surface area contributed by atoms with Gasteiger partial charge in [-0.2, -0.15) is 5.10 Å². The van der Waals surface area contributed by atoms with Crippen LogP contribution in [0.15, 0.2) is 41.8 Å². The lowest BCUT2D eigenvalue weighted by Gasteiger charge is -2.32. The molecule has 3 heterocycles. The van der Waals surface area contributed by atoms with Gasteiger partial charge in [0.1, 0.15) is 10.7 Å². The first-order valence-corrected chi connectivity index (χ1v) is 10.5. The minimum absolute atomic E-state index is 0.0874. The van der Waals surface area contributed by atoms with Gasteiger partial charge in [-0.3, -0.25) is 14.4 Å². The number of nitrogens with zero attached hydrogens (tertiary/aromatic N) is 4. The number of rotatable bonds is 5. The van der Waals surface area contributed by atoms with E-state index < -0.39 is 0 Å². The molecule has 146 valence electrons. The largest absolute Gasteiger partial charge is 0.347 e. The summed E-state index contributed by atoms with van der Waals surface area (Å²) in [5, 5.41) is 10.6. The molecule has 1 amide bonds. The van der Waals surface area contributed by atoms with Gasteiger partial charge >= 0.3 is 0 Å². The summed E-state index contributed by atoms with van der Waals surface area (Å²) in [6, 6.07) is 12.3. The number of aromatic nitrogens is 3. The Labute approximate surface area is 169 Å². The van der Waals surface area contributed by atoms with Gasteiger partial charge in [0, 0.05) is 42.8 Å². The van der Waals surface area contributed by atoms with Gasteiger partial charge in [0.15, 0.2) is 0 Å². The van der Waals surface area contributed by atoms with E-state index in [-0.39, 0.29) is 11.9 Å². The summed E-state index contributed by atoms with van der Waals surface area (Å²) in [5.41, 5.74) is 3.72. The first-order valence-electron chi connectivity index (χ1n) is 9.62. The molecular weight excluding hydrogens is 370 g/mol. The highest BCUT2D eigenvalue weighted by Gasteiger charge is 2.23. The van der Waals surface area contributed by atoms with Crippen molar-refractivity contribution in [3.63, 3.8) is 0 Å². The highest BCUT2D eigenvalue weighted by molar-refractivity contribution is 7.13. The van der Waals surface area contributed by atoms with Crippen LogP contribution in [0.3, 0.4) is 0 Å². The number of benzene rings is 1. The van der Waals surface area contributed by atoms with E-state index in [4.69, 9.17) is 4.98 Å². The molecule has 2 aromatic heterocycles. The van der Waals surface area contributed by atoms with E-state index in [0.29, 0.717) is 5.69 Å². The zero-order valence-electron chi connectivity index (χ0n) is 16.3. The third kappa shape index (κ3) is 4.31. The predicted molar refractivity (Wildman–Crippen MR) is 111 cm³/mol. The molecule has 1 N–H and O–H groups in total. The summed E-state index contributed by atoms with van der Waals surface area (Å²) in [7, 11) is 1.85. The topological polar surface area (TPSA) is 63.1 Å². The van der Waals surface area contributed by atoms with Gasteiger partial charge < -0.3 is 5.32 Å². The van der Waals surface area contributed by atoms with Crippen molar-refractivity contribution in [3.8, 4) is 10.6 Å². The van der Waals surface area contributed by atoms with Crippen molar-refractivity contribution in [2.75, 3.05) is 13.1 Å². The van der Waals surface area contributed by atoms with Gasteiger partial charge in [-0.25, -0.2) is 4.98 Å². The van der Waals surface area contributed by atoms with Gasteiger partial charge in [-0.1, -0.05) is 30.3 Å². The number of likely N-dealkylation sites (tertiary alicyclic amines) is 1. The van der Waals surface area contributed by atoms with Gasteiger partial charge in [0.25, 0.3) is 5.91 Å². The number of nitrogens with one attached hydrogen (secondary N) is 1. The van der Waals surface area contributed by atoms with E-state index in [9.17, 15) is 4.79 Å². The Morgan fingerprint density at radius 2 is 2.14 bits per heavy atom. The smallest absolute Gasteiger partial charge is 0.272 e. The number of carbonyl (C=O) groups excluding carboxylic acids is 1. The Kier molecular flexibility index (Phi) is 5.54. The third-order valence-electron chi connectivity index (χ3n) is 5.15. The summed E-state index contributed by atoms with van der Waals surface area (Å²) in [5.74, 6) is -0.0874. The molecule has 0 spiro atoms. The molecular formula is C21H25N5OS. The molecule has 0 aliphatic carbocycles. The minimum atomic E-state index is -0.0874. The summed E-state index contributed by atoms with van der Waals surface area (Å²) >= 11 is 1.69. The van der Waals surface area contributed by atoms with Crippen LogP contribution in [-0.4, -0.2) is 44.7 Å². The average Bonchev–Trinajstić information content (AvgIpc) is 3.30. The lowest BCUT2D eigenvalue weighted by molar-refractivity contribution is 0.0894. The molecule has 3 aromatic rings. The SMILES string of the molecule is Cc1cc(C(=O)NC2CCCN(Cc3csc(-c4ccccc4)n3)C2)nn1C. The fraction of sp³-hybridized carbons (Fsp3) is 0.381. The van der Waals surface area contributed by atoms with Crippen molar-refractivity contribution in [3.05, 3.63) is 58.9 Å². The lowest BCUT2D eigenvalue weighted by Crippen LogP contribution is -2.47. The van der Waals surface area contributed by atoms with Gasteiger partial charge in [-0.15, -0.1) is 11.3 Å². The summed E-state index contributed by atoms with van der Waals surface area (Å²) < 4.78 is 1.73. The Bertz CT molecular complexity index is 929. The Morgan fingerprint density at radius 1 is 1.32 bits per heavy atom. The maximum Gasteiger partial charge on any atom is 0.272 e. The van der Waals surface area contributed by atoms with Crippen molar-refractivity contribution in [2.24, 2.45) is 7.05 Å². The molecule has 0 saturated carbocycles. The van der Waals surface area contributed by atoms with E-state index in [0.717, 1.165) is 54.4 Å². The van der Waals surface area contributed by atoms with Crippen molar-refractivity contribution >= 4 is 17.2 Å². The second-order valence-corrected chi connectivity index (χ2v) is 8.21. The predicted octanol–water partition coefficient (Wildman–Crippen LogP) is 3.25. The van der Waals surface area contributed by atoms with Crippen molar-refractivity contribution in [2.45, 2.75) is 32.4 Å². The molecule has 28 heavy (non-hydrogen) atoms. The fourth-order valence-corrected chi connectivity index (χ4v) is 4.39. The second kappa shape index (κ2) is 8.24. The molecule has 1 aliphatic rings. The van der Waals surface area contributed by atoms with Crippen LogP contribution in [0.4, 0.5) is 0 Å². The summed E-state index contributed by atoms with van der Waals surface area (Å²) in [4.78, 5) is 19.7. The second-order valence-electron chi connectivity index (χ2n) is 7.35. The Morgan fingerprint density at radius 3 is 2.89 bits per heavy atom. The Hall–Kier alpha value is -2.51. The molecule has 1 aromatic carbocycles. The highest BCUT2D eigenvalue weighted by Crippen LogP contribution is 2.24. The van der Waals surface area contributed by atoms with E-state index in [1.54, 1.807) is 16.0 Å². The lowest BCUT2D eigenvalue weighted by atomic mass is 10.1. The maximum atomic E-state index is 12.5. The molecule has 1 fully saturated rings. The monoisotopic (exact) mass is 395 g/mol. The van der Waals surface area contributed by atoms with Crippen LogP contribution in [-0.2, 0) is 13.6 Å². The number of piperidine rings is 1. The quantitative estimate of drug-likeness (QED) is 0.720. The summed E-state index contributed by atoms with van der Waals surface area (Å²) in [6.45, 7) is 4.64. The highest BCUT2D eigenvalue weighted by atomic mass is 32.1. The number of thiazole rings is 1. The van der Waals surface area contributed by atoms with Crippen molar-refractivity contribution < 1.29 is 4.79 Å². The van der Waals surface area contributed by atoms with Crippen LogP contribution in [0.5, 0.6) is 0 Å². The van der Waals surface area contributed by atoms with Crippen LogP contribution in [0.2, 0.25) is 0 Å². The van der Waals surface area contributed by atoms with Crippen LogP contribution >= 0.6 is 11.3 Å². The number of aryl methyl sites for hydroxylation is 2. The fourth-order valence-electron chi connectivity index (χ4n) is 3.57. The standard InChI is InChI=1S/C21H25N5OS/c1-15-11-19(24-25(15)2)20(27)22-17-9-6-10-26(12-17)13-18-14-28-21(23-18)16-7-4-3-5-8-16/h3-5,7-8,11,14,17H,6,9-10,12-13H2,1-2H3,(H,22,27). The van der Waals surface area contributed by atoms with Crippen LogP contribution in [0.1, 0.15) is 34.7 Å². The van der Waals surface area contributed by atoms with Crippen LogP contribution in [0, 0.1) is 6.92 Å². The zero-order valence-corrected chi connectivity index (χ0v) is 17.1. The van der Waals surface area contributed by atoms with E-state index in [1.165, 1.54) is 0 Å². The number of amides is 1. The van der Waals surface area contributed by atoms with Gasteiger partial charge in [0.2, 0.25) is 0 Å². The molecule has 7 heteroatoms. The van der Waals surface area contributed by atoms with E-state index in [2.05, 4.69) is 32.8 Å². The van der Waals surface area contributed by atoms with E-state index in [1.807, 2.05) is 38.2 Å². The first kappa shape index (κ1) is 18.8. The third-order valence-corrected chi connectivity index (χ3v) is 6.09.